The van der Waals surface area contributed by atoms with Crippen LogP contribution in [0.2, 0.25) is 0 Å². The minimum atomic E-state index is -0.805. The zero-order valence-corrected chi connectivity index (χ0v) is 18.1. The molecular formula is C22H33N5O4. The maximum absolute atomic E-state index is 11.1. The van der Waals surface area contributed by atoms with Gasteiger partial charge in [-0.1, -0.05) is 12.1 Å². The lowest BCUT2D eigenvalue weighted by atomic mass is 9.92. The summed E-state index contributed by atoms with van der Waals surface area (Å²) in [5, 5.41) is 26.2. The van der Waals surface area contributed by atoms with E-state index in [1.165, 1.54) is 0 Å². The summed E-state index contributed by atoms with van der Waals surface area (Å²) < 4.78 is 10.8. The van der Waals surface area contributed by atoms with Gasteiger partial charge < -0.3 is 35.2 Å². The molecule has 0 radical (unpaired) electrons. The highest BCUT2D eigenvalue weighted by Crippen LogP contribution is 2.25. The highest BCUT2D eigenvalue weighted by Gasteiger charge is 2.33. The predicted molar refractivity (Wildman–Crippen MR) is 120 cm³/mol. The predicted octanol–water partition coefficient (Wildman–Crippen LogP) is 1.03. The van der Waals surface area contributed by atoms with Crippen molar-refractivity contribution in [3.63, 3.8) is 0 Å². The average molecular weight is 432 g/mol. The minimum Gasteiger partial charge on any atom is -0.491 e. The summed E-state index contributed by atoms with van der Waals surface area (Å²) in [5.41, 5.74) is 0.315. The van der Waals surface area contributed by atoms with E-state index in [1.54, 1.807) is 6.33 Å². The Hall–Kier alpha value is -2.46. The molecule has 1 atom stereocenters. The topological polar surface area (TPSA) is 112 Å². The van der Waals surface area contributed by atoms with Crippen LogP contribution in [0.3, 0.4) is 0 Å². The summed E-state index contributed by atoms with van der Waals surface area (Å²) in [7, 11) is 1.83. The van der Waals surface area contributed by atoms with Gasteiger partial charge in [-0.25, -0.2) is 9.97 Å². The van der Waals surface area contributed by atoms with Crippen molar-refractivity contribution in [1.29, 1.82) is 0 Å². The number of piperidine rings is 1. The molecular weight excluding hydrogens is 398 g/mol. The first-order valence-electron chi connectivity index (χ1n) is 10.7. The number of hydrogen-bond donors (Lipinski definition) is 4. The molecule has 0 aliphatic carbocycles. The molecule has 2 aromatic rings. The van der Waals surface area contributed by atoms with Crippen LogP contribution in [0.5, 0.6) is 5.75 Å². The summed E-state index contributed by atoms with van der Waals surface area (Å²) >= 11 is 0. The molecule has 0 bridgehead atoms. The molecule has 1 unspecified atom stereocenters. The number of aliphatic hydroxyl groups excluding tert-OH is 1. The van der Waals surface area contributed by atoms with Gasteiger partial charge in [0, 0.05) is 39.3 Å². The number of anilines is 2. The van der Waals surface area contributed by atoms with Crippen molar-refractivity contribution in [2.75, 3.05) is 63.3 Å². The number of β-amino-alcohol motifs (C(OH)–C–C–N with tert-alkyl or cyclic N) is 1. The Kier molecular flexibility index (Phi) is 8.84. The zero-order chi connectivity index (χ0) is 21.9. The molecule has 9 nitrogen and oxygen atoms in total. The van der Waals surface area contributed by atoms with Gasteiger partial charge in [-0.15, -0.1) is 0 Å². The molecule has 1 aromatic carbocycles. The maximum Gasteiger partial charge on any atom is 0.134 e. The molecule has 0 saturated carbocycles. The Morgan fingerprint density at radius 3 is 2.77 bits per heavy atom. The first-order valence-corrected chi connectivity index (χ1v) is 10.7. The summed E-state index contributed by atoms with van der Waals surface area (Å²) in [5.74, 6) is 2.38. The summed E-state index contributed by atoms with van der Waals surface area (Å²) in [6.07, 6.45) is 3.21. The molecule has 1 saturated heterocycles. The standard InChI is InChI=1S/C22H33N5O4/c1-23-20-13-21(26-17-25-20)27-8-2-7-22(29,16-27)15-24-14-18-3-5-19(6-4-18)31-12-11-30-10-9-28/h3-6,13,17,24,28-29H,2,7-12,14-16H2,1H3,(H,23,25,26). The molecule has 1 fully saturated rings. The average Bonchev–Trinajstić information content (AvgIpc) is 2.80. The van der Waals surface area contributed by atoms with E-state index in [9.17, 15) is 5.11 Å². The molecule has 1 aliphatic rings. The Morgan fingerprint density at radius 1 is 1.16 bits per heavy atom. The van der Waals surface area contributed by atoms with Crippen LogP contribution in [0.15, 0.2) is 36.7 Å². The molecule has 9 heteroatoms. The largest absolute Gasteiger partial charge is 0.491 e. The van der Waals surface area contributed by atoms with Crippen LogP contribution >= 0.6 is 0 Å². The van der Waals surface area contributed by atoms with E-state index in [-0.39, 0.29) is 6.61 Å². The van der Waals surface area contributed by atoms with Gasteiger partial charge in [0.05, 0.1) is 25.4 Å². The van der Waals surface area contributed by atoms with Gasteiger partial charge in [-0.3, -0.25) is 0 Å². The van der Waals surface area contributed by atoms with Gasteiger partial charge in [0.2, 0.25) is 0 Å². The lowest BCUT2D eigenvalue weighted by molar-refractivity contribution is 0.0259. The number of benzene rings is 1. The van der Waals surface area contributed by atoms with Crippen LogP contribution in [-0.2, 0) is 11.3 Å². The Bertz CT molecular complexity index is 792. The smallest absolute Gasteiger partial charge is 0.134 e. The van der Waals surface area contributed by atoms with E-state index >= 15 is 0 Å². The van der Waals surface area contributed by atoms with E-state index in [2.05, 4.69) is 25.5 Å². The quantitative estimate of drug-likeness (QED) is 0.366. The van der Waals surface area contributed by atoms with Crippen LogP contribution in [0, 0.1) is 0 Å². The number of hydrogen-bond acceptors (Lipinski definition) is 9. The third-order valence-corrected chi connectivity index (χ3v) is 5.23. The Balaban J connectivity index is 1.43. The van der Waals surface area contributed by atoms with Crippen molar-refractivity contribution >= 4 is 11.6 Å². The lowest BCUT2D eigenvalue weighted by Gasteiger charge is -2.40. The third kappa shape index (κ3) is 7.32. The van der Waals surface area contributed by atoms with E-state index in [0.717, 1.165) is 42.3 Å². The zero-order valence-electron chi connectivity index (χ0n) is 18.1. The fourth-order valence-corrected chi connectivity index (χ4v) is 3.64. The summed E-state index contributed by atoms with van der Waals surface area (Å²) in [6, 6.07) is 9.77. The molecule has 2 heterocycles. The van der Waals surface area contributed by atoms with Crippen molar-refractivity contribution < 1.29 is 19.7 Å². The highest BCUT2D eigenvalue weighted by molar-refractivity contribution is 5.48. The van der Waals surface area contributed by atoms with Crippen LogP contribution in [0.1, 0.15) is 18.4 Å². The molecule has 31 heavy (non-hydrogen) atoms. The van der Waals surface area contributed by atoms with Crippen LogP contribution in [0.4, 0.5) is 11.6 Å². The second-order valence-corrected chi connectivity index (χ2v) is 7.69. The van der Waals surface area contributed by atoms with Gasteiger partial charge in [-0.2, -0.15) is 0 Å². The van der Waals surface area contributed by atoms with E-state index in [4.69, 9.17) is 14.6 Å². The van der Waals surface area contributed by atoms with Gasteiger partial charge in [0.25, 0.3) is 0 Å². The number of ether oxygens (including phenoxy) is 2. The van der Waals surface area contributed by atoms with Crippen LogP contribution < -0.4 is 20.3 Å². The second-order valence-electron chi connectivity index (χ2n) is 7.69. The number of aromatic nitrogens is 2. The summed E-state index contributed by atoms with van der Waals surface area (Å²) in [4.78, 5) is 10.6. The molecule has 1 aromatic heterocycles. The Morgan fingerprint density at radius 2 is 2.00 bits per heavy atom. The minimum absolute atomic E-state index is 0.0206. The van der Waals surface area contributed by atoms with E-state index in [1.807, 2.05) is 37.4 Å². The number of nitrogens with zero attached hydrogens (tertiary/aromatic N) is 3. The van der Waals surface area contributed by atoms with Gasteiger partial charge in [-0.05, 0) is 30.5 Å². The van der Waals surface area contributed by atoms with Gasteiger partial charge >= 0.3 is 0 Å². The normalized spacial score (nSPS) is 18.7. The fraction of sp³-hybridized carbons (Fsp3) is 0.545. The summed E-state index contributed by atoms with van der Waals surface area (Å²) in [6.45, 7) is 3.82. The van der Waals surface area contributed by atoms with E-state index < -0.39 is 5.60 Å². The van der Waals surface area contributed by atoms with Gasteiger partial charge in [0.15, 0.2) is 0 Å². The molecule has 3 rings (SSSR count). The van der Waals surface area contributed by atoms with Crippen LogP contribution in [-0.4, -0.2) is 78.9 Å². The molecule has 0 spiro atoms. The maximum atomic E-state index is 11.1. The fourth-order valence-electron chi connectivity index (χ4n) is 3.64. The van der Waals surface area contributed by atoms with Crippen molar-refractivity contribution in [3.05, 3.63) is 42.2 Å². The lowest BCUT2D eigenvalue weighted by Crippen LogP contribution is -2.53. The third-order valence-electron chi connectivity index (χ3n) is 5.23. The number of nitrogens with one attached hydrogen (secondary N) is 2. The SMILES string of the molecule is CNc1cc(N2CCCC(O)(CNCc3ccc(OCCOCCO)cc3)C2)ncn1. The van der Waals surface area contributed by atoms with Crippen molar-refractivity contribution in [2.24, 2.45) is 0 Å². The first-order chi connectivity index (χ1) is 15.1. The molecule has 0 amide bonds. The highest BCUT2D eigenvalue weighted by atomic mass is 16.5. The Labute approximate surface area is 183 Å². The van der Waals surface area contributed by atoms with Crippen molar-refractivity contribution in [3.8, 4) is 5.75 Å². The second kappa shape index (κ2) is 11.8. The number of rotatable bonds is 12. The molecule has 4 N–H and O–H groups in total. The number of aliphatic hydroxyl groups is 2. The van der Waals surface area contributed by atoms with Crippen LogP contribution in [0.25, 0.3) is 0 Å². The molecule has 170 valence electrons. The first kappa shape index (κ1) is 23.2. The van der Waals surface area contributed by atoms with Crippen molar-refractivity contribution in [1.82, 2.24) is 15.3 Å². The van der Waals surface area contributed by atoms with Crippen molar-refractivity contribution in [2.45, 2.75) is 25.0 Å². The monoisotopic (exact) mass is 431 g/mol. The van der Waals surface area contributed by atoms with Gasteiger partial charge in [0.1, 0.15) is 30.3 Å². The van der Waals surface area contributed by atoms with E-state index in [0.29, 0.717) is 39.5 Å². The molecule has 1 aliphatic heterocycles.